The van der Waals surface area contributed by atoms with Gasteiger partial charge in [0.2, 0.25) is 0 Å². The van der Waals surface area contributed by atoms with Crippen LogP contribution in [0.25, 0.3) is 10.2 Å². The Morgan fingerprint density at radius 2 is 2.05 bits per heavy atom. The van der Waals surface area contributed by atoms with Crippen molar-refractivity contribution in [3.63, 3.8) is 0 Å². The lowest BCUT2D eigenvalue weighted by molar-refractivity contribution is 0.464. The van der Waals surface area contributed by atoms with E-state index in [0.717, 1.165) is 23.5 Å². The number of aromatic nitrogens is 1. The summed E-state index contributed by atoms with van der Waals surface area (Å²) in [4.78, 5) is 4.66. The number of hydrogen-bond acceptors (Lipinski definition) is 3. The molecule has 1 aromatic heterocycles. The van der Waals surface area contributed by atoms with E-state index >= 15 is 0 Å². The summed E-state index contributed by atoms with van der Waals surface area (Å²) in [5.74, 6) is 0. The Labute approximate surface area is 123 Å². The number of nitrogens with zero attached hydrogens (tertiary/aromatic N) is 1. The lowest BCUT2D eigenvalue weighted by Crippen LogP contribution is -2.35. The molecule has 1 aromatic carbocycles. The summed E-state index contributed by atoms with van der Waals surface area (Å²) in [5.41, 5.74) is 1.10. The first-order valence-electron chi connectivity index (χ1n) is 7.05. The van der Waals surface area contributed by atoms with Gasteiger partial charge in [0, 0.05) is 18.0 Å². The average Bonchev–Trinajstić information content (AvgIpc) is 2.73. The second kappa shape index (κ2) is 6.21. The van der Waals surface area contributed by atoms with Crippen molar-refractivity contribution in [1.82, 2.24) is 10.3 Å². The van der Waals surface area contributed by atoms with Crippen molar-refractivity contribution < 1.29 is 0 Å². The third-order valence-corrected chi connectivity index (χ3v) is 5.34. The van der Waals surface area contributed by atoms with Crippen molar-refractivity contribution in [2.45, 2.75) is 50.1 Å². The number of para-hydroxylation sites is 1. The van der Waals surface area contributed by atoms with Crippen LogP contribution in [0.1, 0.15) is 37.1 Å². The Balaban J connectivity index is 1.64. The Morgan fingerprint density at radius 1 is 1.21 bits per heavy atom. The van der Waals surface area contributed by atoms with Crippen LogP contribution in [-0.4, -0.2) is 16.4 Å². The molecule has 1 aliphatic rings. The predicted molar refractivity (Wildman–Crippen MR) is 83.0 cm³/mol. The summed E-state index contributed by atoms with van der Waals surface area (Å²) < 4.78 is 1.27. The summed E-state index contributed by atoms with van der Waals surface area (Å²) in [6.07, 6.45) is 6.22. The van der Waals surface area contributed by atoms with Crippen molar-refractivity contribution in [3.8, 4) is 0 Å². The molecular formula is C15H19ClN2S. The molecule has 1 N–H and O–H groups in total. The highest BCUT2D eigenvalue weighted by molar-refractivity contribution is 7.18. The Morgan fingerprint density at radius 3 is 2.95 bits per heavy atom. The van der Waals surface area contributed by atoms with Crippen molar-refractivity contribution in [2.24, 2.45) is 0 Å². The molecule has 0 radical (unpaired) electrons. The van der Waals surface area contributed by atoms with E-state index in [1.165, 1.54) is 30.4 Å². The van der Waals surface area contributed by atoms with Gasteiger partial charge in [0.15, 0.2) is 0 Å². The lowest BCUT2D eigenvalue weighted by Gasteiger charge is -2.20. The van der Waals surface area contributed by atoms with Gasteiger partial charge < -0.3 is 5.32 Å². The van der Waals surface area contributed by atoms with Crippen LogP contribution in [0.2, 0.25) is 0 Å². The molecule has 1 saturated carbocycles. The van der Waals surface area contributed by atoms with E-state index in [2.05, 4.69) is 28.5 Å². The second-order valence-corrected chi connectivity index (χ2v) is 6.89. The molecule has 2 unspecified atom stereocenters. The zero-order chi connectivity index (χ0) is 13.1. The minimum Gasteiger partial charge on any atom is -0.306 e. The molecule has 2 atom stereocenters. The van der Waals surface area contributed by atoms with E-state index in [1.54, 1.807) is 11.3 Å². The highest BCUT2D eigenvalue weighted by Gasteiger charge is 2.21. The van der Waals surface area contributed by atoms with Gasteiger partial charge >= 0.3 is 0 Å². The molecule has 2 nitrogen and oxygen atoms in total. The molecule has 0 aliphatic heterocycles. The molecule has 3 rings (SSSR count). The Bertz CT molecular complexity index is 507. The van der Waals surface area contributed by atoms with E-state index in [-0.39, 0.29) is 5.38 Å². The normalized spacial score (nSPS) is 24.5. The predicted octanol–water partition coefficient (Wildman–Crippen LogP) is 4.33. The van der Waals surface area contributed by atoms with Gasteiger partial charge in [-0.05, 0) is 25.0 Å². The van der Waals surface area contributed by atoms with E-state index in [0.29, 0.717) is 6.04 Å². The van der Waals surface area contributed by atoms with Crippen LogP contribution >= 0.6 is 22.9 Å². The standard InChI is InChI=1S/C15H19ClN2S/c16-11-6-2-1-3-7-12(11)17-10-15-18-13-8-4-5-9-14(13)19-15/h4-5,8-9,11-12,17H,1-3,6-7,10H2. The smallest absolute Gasteiger partial charge is 0.108 e. The number of alkyl halides is 1. The molecular weight excluding hydrogens is 276 g/mol. The van der Waals surface area contributed by atoms with Crippen LogP contribution < -0.4 is 5.32 Å². The third kappa shape index (κ3) is 3.28. The first-order chi connectivity index (χ1) is 9.33. The molecule has 102 valence electrons. The van der Waals surface area contributed by atoms with Crippen LogP contribution in [0.4, 0.5) is 0 Å². The molecule has 4 heteroatoms. The molecule has 0 bridgehead atoms. The van der Waals surface area contributed by atoms with Gasteiger partial charge in [-0.3, -0.25) is 0 Å². The fraction of sp³-hybridized carbons (Fsp3) is 0.533. The van der Waals surface area contributed by atoms with Crippen LogP contribution in [0.3, 0.4) is 0 Å². The van der Waals surface area contributed by atoms with Gasteiger partial charge in [0.25, 0.3) is 0 Å². The van der Waals surface area contributed by atoms with E-state index < -0.39 is 0 Å². The number of fused-ring (bicyclic) bond motifs is 1. The zero-order valence-electron chi connectivity index (χ0n) is 10.9. The fourth-order valence-electron chi connectivity index (χ4n) is 2.71. The fourth-order valence-corrected chi connectivity index (χ4v) is 3.99. The first kappa shape index (κ1) is 13.3. The number of halogens is 1. The third-order valence-electron chi connectivity index (χ3n) is 3.79. The first-order valence-corrected chi connectivity index (χ1v) is 8.30. The van der Waals surface area contributed by atoms with Crippen LogP contribution in [-0.2, 0) is 6.54 Å². The van der Waals surface area contributed by atoms with Gasteiger partial charge in [-0.1, -0.05) is 31.4 Å². The minimum atomic E-state index is 0.275. The van der Waals surface area contributed by atoms with Gasteiger partial charge in [0.1, 0.15) is 5.01 Å². The van der Waals surface area contributed by atoms with Crippen LogP contribution in [0.5, 0.6) is 0 Å². The zero-order valence-corrected chi connectivity index (χ0v) is 12.5. The maximum Gasteiger partial charge on any atom is 0.108 e. The van der Waals surface area contributed by atoms with Gasteiger partial charge in [0.05, 0.1) is 10.2 Å². The molecule has 19 heavy (non-hydrogen) atoms. The molecule has 0 saturated heterocycles. The summed E-state index contributed by atoms with van der Waals surface area (Å²) >= 11 is 8.23. The molecule has 1 fully saturated rings. The molecule has 1 aliphatic carbocycles. The van der Waals surface area contributed by atoms with E-state index in [9.17, 15) is 0 Å². The van der Waals surface area contributed by atoms with E-state index in [1.807, 2.05) is 6.07 Å². The highest BCUT2D eigenvalue weighted by Crippen LogP contribution is 2.24. The summed E-state index contributed by atoms with van der Waals surface area (Å²) in [6.45, 7) is 0.841. The second-order valence-electron chi connectivity index (χ2n) is 5.22. The van der Waals surface area contributed by atoms with Crippen LogP contribution in [0, 0.1) is 0 Å². The van der Waals surface area contributed by atoms with Gasteiger partial charge in [-0.15, -0.1) is 22.9 Å². The average molecular weight is 295 g/mol. The Hall–Kier alpha value is -0.640. The van der Waals surface area contributed by atoms with Crippen molar-refractivity contribution >= 4 is 33.2 Å². The van der Waals surface area contributed by atoms with Crippen LogP contribution in [0.15, 0.2) is 24.3 Å². The summed E-state index contributed by atoms with van der Waals surface area (Å²) in [7, 11) is 0. The number of thiazole rings is 1. The lowest BCUT2D eigenvalue weighted by atomic mass is 10.1. The number of rotatable bonds is 3. The molecule has 0 amide bonds. The summed E-state index contributed by atoms with van der Waals surface area (Å²) in [5, 5.41) is 5.04. The maximum atomic E-state index is 6.45. The SMILES string of the molecule is ClC1CCCCCC1NCc1nc2ccccc2s1. The molecule has 1 heterocycles. The van der Waals surface area contributed by atoms with Crippen molar-refractivity contribution in [1.29, 1.82) is 0 Å². The summed E-state index contributed by atoms with van der Waals surface area (Å²) in [6, 6.07) is 8.76. The quantitative estimate of drug-likeness (QED) is 0.673. The monoisotopic (exact) mass is 294 g/mol. The largest absolute Gasteiger partial charge is 0.306 e. The number of hydrogen-bond donors (Lipinski definition) is 1. The minimum absolute atomic E-state index is 0.275. The Kier molecular flexibility index (Phi) is 4.36. The van der Waals surface area contributed by atoms with Crippen molar-refractivity contribution in [2.75, 3.05) is 0 Å². The maximum absolute atomic E-state index is 6.45. The topological polar surface area (TPSA) is 24.9 Å². The number of nitrogens with one attached hydrogen (secondary N) is 1. The van der Waals surface area contributed by atoms with Gasteiger partial charge in [-0.25, -0.2) is 4.98 Å². The number of benzene rings is 1. The van der Waals surface area contributed by atoms with Crippen molar-refractivity contribution in [3.05, 3.63) is 29.3 Å². The van der Waals surface area contributed by atoms with Gasteiger partial charge in [-0.2, -0.15) is 0 Å². The molecule has 0 spiro atoms. The highest BCUT2D eigenvalue weighted by atomic mass is 35.5. The molecule has 2 aromatic rings. The van der Waals surface area contributed by atoms with E-state index in [4.69, 9.17) is 11.6 Å².